The summed E-state index contributed by atoms with van der Waals surface area (Å²) in [5.74, 6) is 0.373. The lowest BCUT2D eigenvalue weighted by molar-refractivity contribution is 0.0196. The minimum Gasteiger partial charge on any atom is -0.490 e. The summed E-state index contributed by atoms with van der Waals surface area (Å²) in [5.41, 5.74) is 0.888. The minimum absolute atomic E-state index is 0.179. The van der Waals surface area contributed by atoms with Crippen LogP contribution in [0, 0.1) is 18.7 Å². The Balaban J connectivity index is 1.88. The van der Waals surface area contributed by atoms with Gasteiger partial charge in [-0.2, -0.15) is 0 Å². The minimum atomic E-state index is -0.310. The molecule has 82 valence electrons. The lowest BCUT2D eigenvalue weighted by Crippen LogP contribution is -2.32. The smallest absolute Gasteiger partial charge is 0.165 e. The fourth-order valence-corrected chi connectivity index (χ4v) is 1.77. The third-order valence-corrected chi connectivity index (χ3v) is 2.77. The zero-order valence-corrected chi connectivity index (χ0v) is 8.74. The molecule has 0 amide bonds. The third-order valence-electron chi connectivity index (χ3n) is 2.77. The number of benzene rings is 1. The van der Waals surface area contributed by atoms with E-state index >= 15 is 0 Å². The molecule has 2 rings (SSSR count). The van der Waals surface area contributed by atoms with Crippen molar-refractivity contribution in [2.45, 2.75) is 25.9 Å². The highest BCUT2D eigenvalue weighted by atomic mass is 19.1. The van der Waals surface area contributed by atoms with Crippen LogP contribution in [0.25, 0.3) is 0 Å². The molecular weight excluding hydrogens is 195 g/mol. The first-order chi connectivity index (χ1) is 7.15. The zero-order valence-electron chi connectivity index (χ0n) is 8.74. The fraction of sp³-hybridized carbons (Fsp3) is 0.500. The Hall–Kier alpha value is -1.09. The summed E-state index contributed by atoms with van der Waals surface area (Å²) in [7, 11) is 0. The monoisotopic (exact) mass is 210 g/mol. The SMILES string of the molecule is Cc1ccc(OCC2CC(O)C2)c(F)c1. The van der Waals surface area contributed by atoms with Gasteiger partial charge >= 0.3 is 0 Å². The van der Waals surface area contributed by atoms with Crippen LogP contribution in [0.5, 0.6) is 5.75 Å². The lowest BCUT2D eigenvalue weighted by Gasteiger charge is -2.30. The van der Waals surface area contributed by atoms with Crippen LogP contribution >= 0.6 is 0 Å². The molecule has 1 aliphatic carbocycles. The largest absolute Gasteiger partial charge is 0.490 e. The number of ether oxygens (including phenoxy) is 1. The highest BCUT2D eigenvalue weighted by Crippen LogP contribution is 2.28. The molecule has 2 nitrogen and oxygen atoms in total. The Bertz CT molecular complexity index is 345. The van der Waals surface area contributed by atoms with E-state index < -0.39 is 0 Å². The lowest BCUT2D eigenvalue weighted by atomic mass is 9.83. The van der Waals surface area contributed by atoms with Crippen LogP contribution in [-0.2, 0) is 0 Å². The predicted octanol–water partition coefficient (Wildman–Crippen LogP) is 2.28. The van der Waals surface area contributed by atoms with Gasteiger partial charge in [0.15, 0.2) is 11.6 Å². The Kier molecular flexibility index (Phi) is 2.91. The molecule has 0 spiro atoms. The summed E-state index contributed by atoms with van der Waals surface area (Å²) in [6.45, 7) is 2.34. The van der Waals surface area contributed by atoms with Crippen LogP contribution in [0.4, 0.5) is 4.39 Å². The molecule has 1 aromatic carbocycles. The van der Waals surface area contributed by atoms with Crippen molar-refractivity contribution in [3.63, 3.8) is 0 Å². The topological polar surface area (TPSA) is 29.5 Å². The second-order valence-corrected chi connectivity index (χ2v) is 4.24. The van der Waals surface area contributed by atoms with Gasteiger partial charge < -0.3 is 9.84 Å². The number of halogens is 1. The zero-order chi connectivity index (χ0) is 10.8. The van der Waals surface area contributed by atoms with Gasteiger partial charge in [-0.05, 0) is 43.4 Å². The van der Waals surface area contributed by atoms with Crippen molar-refractivity contribution in [1.29, 1.82) is 0 Å². The predicted molar refractivity (Wildman–Crippen MR) is 55.4 cm³/mol. The second-order valence-electron chi connectivity index (χ2n) is 4.24. The highest BCUT2D eigenvalue weighted by Gasteiger charge is 2.27. The van der Waals surface area contributed by atoms with Crippen LogP contribution in [0.15, 0.2) is 18.2 Å². The molecule has 0 heterocycles. The van der Waals surface area contributed by atoms with Crippen molar-refractivity contribution in [3.8, 4) is 5.75 Å². The van der Waals surface area contributed by atoms with Crippen molar-refractivity contribution in [2.24, 2.45) is 5.92 Å². The molecule has 0 aromatic heterocycles. The van der Waals surface area contributed by atoms with Crippen LogP contribution in [0.2, 0.25) is 0 Å². The average Bonchev–Trinajstić information content (AvgIpc) is 2.13. The maximum atomic E-state index is 13.3. The van der Waals surface area contributed by atoms with E-state index in [1.54, 1.807) is 6.07 Å². The Morgan fingerprint density at radius 1 is 1.47 bits per heavy atom. The van der Waals surface area contributed by atoms with Gasteiger partial charge in [0, 0.05) is 0 Å². The van der Waals surface area contributed by atoms with Crippen molar-refractivity contribution >= 4 is 0 Å². The molecule has 1 aliphatic rings. The normalized spacial score (nSPS) is 24.7. The first-order valence-electron chi connectivity index (χ1n) is 5.22. The third kappa shape index (κ3) is 2.48. The molecule has 0 aliphatic heterocycles. The molecule has 0 radical (unpaired) electrons. The molecule has 3 heteroatoms. The maximum absolute atomic E-state index is 13.3. The quantitative estimate of drug-likeness (QED) is 0.829. The van der Waals surface area contributed by atoms with Crippen molar-refractivity contribution < 1.29 is 14.2 Å². The first kappa shape index (κ1) is 10.4. The molecule has 15 heavy (non-hydrogen) atoms. The van der Waals surface area contributed by atoms with E-state index in [0.717, 1.165) is 18.4 Å². The summed E-state index contributed by atoms with van der Waals surface area (Å²) < 4.78 is 18.7. The summed E-state index contributed by atoms with van der Waals surface area (Å²) in [5, 5.41) is 9.08. The molecule has 0 atom stereocenters. The van der Waals surface area contributed by atoms with Crippen molar-refractivity contribution in [1.82, 2.24) is 0 Å². The van der Waals surface area contributed by atoms with Gasteiger partial charge in [0.1, 0.15) is 0 Å². The Morgan fingerprint density at radius 3 is 2.80 bits per heavy atom. The van der Waals surface area contributed by atoms with Gasteiger partial charge in [-0.15, -0.1) is 0 Å². The van der Waals surface area contributed by atoms with E-state index in [1.807, 2.05) is 13.0 Å². The number of rotatable bonds is 3. The fourth-order valence-electron chi connectivity index (χ4n) is 1.77. The molecule has 0 bridgehead atoms. The molecule has 1 saturated carbocycles. The average molecular weight is 210 g/mol. The summed E-state index contributed by atoms with van der Waals surface area (Å²) in [6.07, 6.45) is 1.36. The summed E-state index contributed by atoms with van der Waals surface area (Å²) >= 11 is 0. The van der Waals surface area contributed by atoms with Gasteiger partial charge in [0.2, 0.25) is 0 Å². The van der Waals surface area contributed by atoms with Gasteiger partial charge in [-0.1, -0.05) is 6.07 Å². The molecular formula is C12H15FO2. The van der Waals surface area contributed by atoms with Crippen molar-refractivity contribution in [2.75, 3.05) is 6.61 Å². The number of aryl methyl sites for hydroxylation is 1. The van der Waals surface area contributed by atoms with E-state index in [9.17, 15) is 4.39 Å². The van der Waals surface area contributed by atoms with E-state index in [4.69, 9.17) is 9.84 Å². The number of aliphatic hydroxyl groups excluding tert-OH is 1. The maximum Gasteiger partial charge on any atom is 0.165 e. The van der Waals surface area contributed by atoms with Gasteiger partial charge in [-0.25, -0.2) is 4.39 Å². The van der Waals surface area contributed by atoms with E-state index in [1.165, 1.54) is 6.07 Å². The van der Waals surface area contributed by atoms with E-state index in [2.05, 4.69) is 0 Å². The molecule has 1 N–H and O–H groups in total. The molecule has 1 aromatic rings. The van der Waals surface area contributed by atoms with Crippen LogP contribution in [0.3, 0.4) is 0 Å². The van der Waals surface area contributed by atoms with E-state index in [0.29, 0.717) is 18.3 Å². The number of hydrogen-bond donors (Lipinski definition) is 1. The Morgan fingerprint density at radius 2 is 2.20 bits per heavy atom. The highest BCUT2D eigenvalue weighted by molar-refractivity contribution is 5.28. The van der Waals surface area contributed by atoms with Gasteiger partial charge in [-0.3, -0.25) is 0 Å². The summed E-state index contributed by atoms with van der Waals surface area (Å²) in [6, 6.07) is 4.94. The van der Waals surface area contributed by atoms with Crippen LogP contribution in [0.1, 0.15) is 18.4 Å². The van der Waals surface area contributed by atoms with Crippen LogP contribution in [-0.4, -0.2) is 17.8 Å². The molecule has 0 saturated heterocycles. The van der Waals surface area contributed by atoms with Crippen LogP contribution < -0.4 is 4.74 Å². The first-order valence-corrected chi connectivity index (χ1v) is 5.22. The molecule has 0 unspecified atom stereocenters. The Labute approximate surface area is 88.7 Å². The standard InChI is InChI=1S/C12H15FO2/c1-8-2-3-12(11(13)4-8)15-7-9-5-10(14)6-9/h2-4,9-10,14H,5-7H2,1H3. The molecule has 1 fully saturated rings. The van der Waals surface area contributed by atoms with E-state index in [-0.39, 0.29) is 11.9 Å². The number of hydrogen-bond acceptors (Lipinski definition) is 2. The van der Waals surface area contributed by atoms with Gasteiger partial charge in [0.05, 0.1) is 12.7 Å². The van der Waals surface area contributed by atoms with Gasteiger partial charge in [0.25, 0.3) is 0 Å². The number of aliphatic hydroxyl groups is 1. The summed E-state index contributed by atoms with van der Waals surface area (Å²) in [4.78, 5) is 0. The second kappa shape index (κ2) is 4.19. The van der Waals surface area contributed by atoms with Crippen molar-refractivity contribution in [3.05, 3.63) is 29.6 Å².